The Balaban J connectivity index is 5.66. The van der Waals surface area contributed by atoms with Gasteiger partial charge in [0.25, 0.3) is 5.91 Å². The molecule has 0 spiro atoms. The fraction of sp³-hybridized carbons (Fsp3) is 0.750. The summed E-state index contributed by atoms with van der Waals surface area (Å²) < 4.78 is 10.4. The molecule has 2 amide bonds. The monoisotopic (exact) mass is 472 g/mol. The standard InChI is InChI=1S/C20H38N7O6/c1-15(29)20(14-28,6-4-9-26-19(24)25)27(18(31)16(23)5-2-3-7-21)17(30)13-33-12-11-32-10-8-22/h16H,2-13,21-23H2,1H3,(H4,24,25,26)/t16-,20-/m0/s1. The van der Waals surface area contributed by atoms with Crippen molar-refractivity contribution in [1.29, 1.82) is 5.41 Å². The number of amides is 2. The van der Waals surface area contributed by atoms with Gasteiger partial charge in [-0.2, -0.15) is 0 Å². The molecule has 0 aliphatic carbocycles. The molecule has 0 unspecified atom stereocenters. The lowest BCUT2D eigenvalue weighted by molar-refractivity contribution is -0.158. The molecule has 0 fully saturated rings. The minimum atomic E-state index is -2.18. The number of nitrogens with zero attached hydrogens (tertiary/aromatic N) is 1. The van der Waals surface area contributed by atoms with Crippen LogP contribution in [0.1, 0.15) is 39.0 Å². The number of guanidine groups is 1. The highest BCUT2D eigenvalue weighted by Crippen LogP contribution is 2.24. The van der Waals surface area contributed by atoms with E-state index in [2.05, 4.69) is 5.32 Å². The lowest BCUT2D eigenvalue weighted by atomic mass is 9.87. The fourth-order valence-electron chi connectivity index (χ4n) is 3.03. The Bertz CT molecular complexity index is 648. The van der Waals surface area contributed by atoms with E-state index < -0.39 is 35.8 Å². The van der Waals surface area contributed by atoms with Crippen LogP contribution in [-0.2, 0) is 28.7 Å². The van der Waals surface area contributed by atoms with Crippen molar-refractivity contribution in [2.24, 2.45) is 22.9 Å². The van der Waals surface area contributed by atoms with Crippen LogP contribution in [0.4, 0.5) is 0 Å². The molecule has 0 saturated carbocycles. The van der Waals surface area contributed by atoms with Crippen LogP contribution < -0.4 is 28.3 Å². The van der Waals surface area contributed by atoms with Gasteiger partial charge in [0.05, 0.1) is 25.9 Å². The molecule has 1 radical (unpaired) electrons. The number of unbranched alkanes of at least 4 members (excludes halogenated alkanes) is 1. The number of nitrogens with one attached hydrogen (secondary N) is 2. The van der Waals surface area contributed by atoms with Gasteiger partial charge in [0.1, 0.15) is 6.61 Å². The van der Waals surface area contributed by atoms with Gasteiger partial charge < -0.3 is 37.7 Å². The zero-order chi connectivity index (χ0) is 25.3. The Morgan fingerprint density at radius 3 is 2.30 bits per heavy atom. The van der Waals surface area contributed by atoms with Crippen LogP contribution in [-0.4, -0.2) is 92.4 Å². The molecule has 13 heteroatoms. The Morgan fingerprint density at radius 1 is 1.09 bits per heavy atom. The van der Waals surface area contributed by atoms with Gasteiger partial charge in [0, 0.05) is 13.1 Å². The smallest absolute Gasteiger partial charge is 0.256 e. The topological polar surface area (TPSA) is 230 Å². The van der Waals surface area contributed by atoms with E-state index in [1.54, 1.807) is 6.29 Å². The molecule has 0 heterocycles. The average Bonchev–Trinajstić information content (AvgIpc) is 2.77. The van der Waals surface area contributed by atoms with Crippen LogP contribution >= 0.6 is 0 Å². The quantitative estimate of drug-likeness (QED) is 0.0497. The zero-order valence-electron chi connectivity index (χ0n) is 19.3. The van der Waals surface area contributed by atoms with Crippen molar-refractivity contribution in [3.63, 3.8) is 0 Å². The van der Waals surface area contributed by atoms with Crippen molar-refractivity contribution < 1.29 is 28.7 Å². The van der Waals surface area contributed by atoms with Gasteiger partial charge in [-0.25, -0.2) is 0 Å². The van der Waals surface area contributed by atoms with E-state index >= 15 is 0 Å². The van der Waals surface area contributed by atoms with Crippen LogP contribution in [0.25, 0.3) is 0 Å². The lowest BCUT2D eigenvalue weighted by Crippen LogP contribution is -2.64. The maximum Gasteiger partial charge on any atom is 0.256 e. The first-order chi connectivity index (χ1) is 15.7. The summed E-state index contributed by atoms with van der Waals surface area (Å²) in [6.07, 6.45) is 2.89. The summed E-state index contributed by atoms with van der Waals surface area (Å²) in [5, 5.41) is 9.74. The van der Waals surface area contributed by atoms with Gasteiger partial charge >= 0.3 is 0 Å². The van der Waals surface area contributed by atoms with Gasteiger partial charge in [-0.1, -0.05) is 6.42 Å². The molecule has 0 aromatic rings. The molecule has 0 aromatic heterocycles. The van der Waals surface area contributed by atoms with Crippen molar-refractivity contribution in [3.05, 3.63) is 0 Å². The maximum absolute atomic E-state index is 13.2. The number of Topliss-reactive ketones (excluding diaryl/α,β-unsaturated/α-hetero) is 1. The molecular formula is C20H38N7O6. The molecule has 0 aliphatic rings. The van der Waals surface area contributed by atoms with Crippen molar-refractivity contribution >= 4 is 29.8 Å². The number of nitrogens with two attached hydrogens (primary N) is 4. The molecule has 33 heavy (non-hydrogen) atoms. The Morgan fingerprint density at radius 2 is 1.76 bits per heavy atom. The summed E-state index contributed by atoms with van der Waals surface area (Å²) in [7, 11) is 0. The van der Waals surface area contributed by atoms with E-state index in [1.165, 1.54) is 0 Å². The zero-order valence-corrected chi connectivity index (χ0v) is 19.3. The normalized spacial score (nSPS) is 13.6. The first kappa shape index (κ1) is 30.6. The molecule has 0 saturated heterocycles. The third kappa shape index (κ3) is 10.8. The van der Waals surface area contributed by atoms with Crippen LogP contribution in [0.3, 0.4) is 0 Å². The summed E-state index contributed by atoms with van der Waals surface area (Å²) in [5.41, 5.74) is 19.8. The van der Waals surface area contributed by atoms with Crippen molar-refractivity contribution in [2.75, 3.05) is 46.1 Å². The largest absolute Gasteiger partial charge is 0.378 e. The number of carbonyl (C=O) groups excluding carboxylic acids is 4. The minimum Gasteiger partial charge on any atom is -0.378 e. The highest BCUT2D eigenvalue weighted by molar-refractivity contribution is 6.12. The van der Waals surface area contributed by atoms with Crippen LogP contribution in [0.5, 0.6) is 0 Å². The van der Waals surface area contributed by atoms with Gasteiger partial charge in [-0.05, 0) is 39.2 Å². The third-order valence-corrected chi connectivity index (χ3v) is 4.78. The molecule has 0 rings (SSSR count). The van der Waals surface area contributed by atoms with E-state index in [9.17, 15) is 19.2 Å². The maximum atomic E-state index is 13.2. The Labute approximate surface area is 194 Å². The summed E-state index contributed by atoms with van der Waals surface area (Å²) >= 11 is 0. The molecule has 0 aromatic carbocycles. The number of ether oxygens (including phenoxy) is 2. The highest BCUT2D eigenvalue weighted by Gasteiger charge is 2.49. The van der Waals surface area contributed by atoms with Gasteiger partial charge in [0.15, 0.2) is 17.3 Å². The molecule has 2 atom stereocenters. The molecular weight excluding hydrogens is 434 g/mol. The van der Waals surface area contributed by atoms with Gasteiger partial charge in [0.2, 0.25) is 12.2 Å². The summed E-state index contributed by atoms with van der Waals surface area (Å²) in [4.78, 5) is 51.4. The minimum absolute atomic E-state index is 0.0384. The number of hydrogen-bond donors (Lipinski definition) is 6. The van der Waals surface area contributed by atoms with Crippen LogP contribution in [0, 0.1) is 5.41 Å². The second kappa shape index (κ2) is 17.1. The predicted molar refractivity (Wildman–Crippen MR) is 122 cm³/mol. The fourth-order valence-corrected chi connectivity index (χ4v) is 3.03. The SMILES string of the molecule is CC(=O)[C@@]([C]=O)(CCCNC(=N)N)N(C(=O)COCCOCCN)C(=O)[C@@H](N)CCCCN. The second-order valence-corrected chi connectivity index (χ2v) is 7.37. The lowest BCUT2D eigenvalue weighted by Gasteiger charge is -2.37. The molecule has 10 N–H and O–H groups in total. The Hall–Kier alpha value is -2.45. The summed E-state index contributed by atoms with van der Waals surface area (Å²) in [6, 6.07) is -1.13. The average molecular weight is 473 g/mol. The van der Waals surface area contributed by atoms with E-state index in [0.29, 0.717) is 37.4 Å². The highest BCUT2D eigenvalue weighted by atomic mass is 16.5. The first-order valence-electron chi connectivity index (χ1n) is 10.8. The van der Waals surface area contributed by atoms with Crippen molar-refractivity contribution in [2.45, 2.75) is 50.6 Å². The number of rotatable bonds is 19. The van der Waals surface area contributed by atoms with E-state index in [0.717, 1.165) is 6.92 Å². The second-order valence-electron chi connectivity index (χ2n) is 7.37. The summed E-state index contributed by atoms with van der Waals surface area (Å²) in [6.45, 7) is 1.93. The van der Waals surface area contributed by atoms with Crippen molar-refractivity contribution in [1.82, 2.24) is 10.2 Å². The van der Waals surface area contributed by atoms with Crippen LogP contribution in [0.2, 0.25) is 0 Å². The van der Waals surface area contributed by atoms with Crippen LogP contribution in [0.15, 0.2) is 0 Å². The van der Waals surface area contributed by atoms with Crippen molar-refractivity contribution in [3.8, 4) is 0 Å². The number of imide groups is 1. The third-order valence-electron chi connectivity index (χ3n) is 4.78. The van der Waals surface area contributed by atoms with Gasteiger partial charge in [-0.15, -0.1) is 0 Å². The van der Waals surface area contributed by atoms with E-state index in [4.69, 9.17) is 37.8 Å². The first-order valence-corrected chi connectivity index (χ1v) is 10.8. The number of ketones is 1. The molecule has 13 nitrogen and oxygen atoms in total. The van der Waals surface area contributed by atoms with E-state index in [-0.39, 0.29) is 45.0 Å². The molecule has 0 aliphatic heterocycles. The number of carbonyl (C=O) groups is 3. The molecule has 189 valence electrons. The van der Waals surface area contributed by atoms with E-state index in [1.807, 2.05) is 0 Å². The summed E-state index contributed by atoms with van der Waals surface area (Å²) in [5.74, 6) is -2.82. The Kier molecular flexibility index (Phi) is 15.8. The van der Waals surface area contributed by atoms with Gasteiger partial charge in [-0.3, -0.25) is 29.5 Å². The number of hydrogen-bond acceptors (Lipinski definition) is 10. The molecule has 0 bridgehead atoms. The predicted octanol–water partition coefficient (Wildman–Crippen LogP) is -2.51.